The average molecular weight is 269 g/mol. The number of aliphatic carboxylic acids is 1. The van der Waals surface area contributed by atoms with E-state index in [2.05, 4.69) is 20.3 Å². The van der Waals surface area contributed by atoms with Crippen LogP contribution in [0.25, 0.3) is 0 Å². The van der Waals surface area contributed by atoms with Gasteiger partial charge in [-0.2, -0.15) is 5.10 Å². The largest absolute Gasteiger partial charge is 0.480 e. The molecular weight excluding hydrogens is 254 g/mol. The van der Waals surface area contributed by atoms with E-state index in [1.54, 1.807) is 6.92 Å². The molecule has 0 aliphatic carbocycles. The standard InChI is InChI=1S/C11H15N3O5/c1-6-5-8(14-13-6)10(16)12-7(11(17)18)3-4-9(15)19-2/h5,7H,3-4H2,1-2H3,(H,12,16)(H,13,14)(H,17,18)/t7-/m1/s1. The van der Waals surface area contributed by atoms with Crippen LogP contribution in [0.5, 0.6) is 0 Å². The van der Waals surface area contributed by atoms with E-state index in [-0.39, 0.29) is 18.5 Å². The number of carbonyl (C=O) groups excluding carboxylic acids is 2. The van der Waals surface area contributed by atoms with Crippen molar-refractivity contribution in [2.75, 3.05) is 7.11 Å². The minimum Gasteiger partial charge on any atom is -0.480 e. The number of ether oxygens (including phenoxy) is 1. The Hall–Kier alpha value is -2.38. The Labute approximate surface area is 109 Å². The molecule has 0 aromatic carbocycles. The van der Waals surface area contributed by atoms with Gasteiger partial charge in [-0.3, -0.25) is 14.7 Å². The van der Waals surface area contributed by atoms with Gasteiger partial charge in [0.25, 0.3) is 5.91 Å². The van der Waals surface area contributed by atoms with Crippen LogP contribution >= 0.6 is 0 Å². The molecule has 1 rings (SSSR count). The van der Waals surface area contributed by atoms with Crippen molar-refractivity contribution in [1.82, 2.24) is 15.5 Å². The molecule has 1 aromatic rings. The Balaban J connectivity index is 2.61. The van der Waals surface area contributed by atoms with E-state index in [1.807, 2.05) is 0 Å². The molecule has 0 unspecified atom stereocenters. The number of aryl methyl sites for hydroxylation is 1. The highest BCUT2D eigenvalue weighted by Crippen LogP contribution is 2.03. The monoisotopic (exact) mass is 269 g/mol. The molecule has 1 aromatic heterocycles. The second-order valence-electron chi connectivity index (χ2n) is 3.92. The molecule has 3 N–H and O–H groups in total. The van der Waals surface area contributed by atoms with Crippen LogP contribution in [-0.2, 0) is 14.3 Å². The topological polar surface area (TPSA) is 121 Å². The summed E-state index contributed by atoms with van der Waals surface area (Å²) >= 11 is 0. The molecule has 0 radical (unpaired) electrons. The summed E-state index contributed by atoms with van der Waals surface area (Å²) in [7, 11) is 1.21. The maximum Gasteiger partial charge on any atom is 0.326 e. The van der Waals surface area contributed by atoms with Crippen LogP contribution in [0.4, 0.5) is 0 Å². The average Bonchev–Trinajstić information content (AvgIpc) is 2.80. The lowest BCUT2D eigenvalue weighted by Crippen LogP contribution is -2.41. The number of aromatic amines is 1. The summed E-state index contributed by atoms with van der Waals surface area (Å²) in [6.07, 6.45) is -0.134. The van der Waals surface area contributed by atoms with Crippen molar-refractivity contribution < 1.29 is 24.2 Å². The van der Waals surface area contributed by atoms with Gasteiger partial charge in [-0.15, -0.1) is 0 Å². The number of nitrogens with one attached hydrogen (secondary N) is 2. The lowest BCUT2D eigenvalue weighted by Gasteiger charge is -2.12. The Morgan fingerprint density at radius 3 is 2.68 bits per heavy atom. The Kier molecular flexibility index (Phi) is 5.04. The summed E-state index contributed by atoms with van der Waals surface area (Å²) in [5, 5.41) is 17.6. The number of hydrogen-bond acceptors (Lipinski definition) is 5. The van der Waals surface area contributed by atoms with Crippen LogP contribution in [0, 0.1) is 6.92 Å². The van der Waals surface area contributed by atoms with Crippen LogP contribution in [0.1, 0.15) is 29.0 Å². The van der Waals surface area contributed by atoms with Crippen molar-refractivity contribution in [3.8, 4) is 0 Å². The van der Waals surface area contributed by atoms with Gasteiger partial charge in [0.2, 0.25) is 0 Å². The minimum atomic E-state index is -1.22. The SMILES string of the molecule is COC(=O)CC[C@@H](NC(=O)c1cc(C)[nH]n1)C(=O)O. The zero-order valence-corrected chi connectivity index (χ0v) is 10.6. The molecule has 104 valence electrons. The number of rotatable bonds is 6. The quantitative estimate of drug-likeness (QED) is 0.618. The number of nitrogens with zero attached hydrogens (tertiary/aromatic N) is 1. The summed E-state index contributed by atoms with van der Waals surface area (Å²) < 4.78 is 4.41. The molecule has 0 saturated heterocycles. The van der Waals surface area contributed by atoms with Gasteiger partial charge < -0.3 is 15.2 Å². The number of hydrogen-bond donors (Lipinski definition) is 3. The molecule has 0 fully saturated rings. The first-order valence-corrected chi connectivity index (χ1v) is 5.56. The van der Waals surface area contributed by atoms with Gasteiger partial charge in [-0.1, -0.05) is 0 Å². The fourth-order valence-corrected chi connectivity index (χ4v) is 1.39. The van der Waals surface area contributed by atoms with E-state index in [0.29, 0.717) is 5.69 Å². The Morgan fingerprint density at radius 1 is 1.53 bits per heavy atom. The van der Waals surface area contributed by atoms with Gasteiger partial charge in [0.15, 0.2) is 0 Å². The van der Waals surface area contributed by atoms with E-state index in [4.69, 9.17) is 5.11 Å². The van der Waals surface area contributed by atoms with E-state index in [0.717, 1.165) is 0 Å². The Bertz CT molecular complexity index is 482. The lowest BCUT2D eigenvalue weighted by atomic mass is 10.1. The van der Waals surface area contributed by atoms with Gasteiger partial charge in [0.1, 0.15) is 11.7 Å². The molecule has 8 heteroatoms. The molecule has 0 bridgehead atoms. The van der Waals surface area contributed by atoms with Crippen molar-refractivity contribution in [2.24, 2.45) is 0 Å². The van der Waals surface area contributed by atoms with Crippen LogP contribution in [0.3, 0.4) is 0 Å². The van der Waals surface area contributed by atoms with Gasteiger partial charge in [-0.05, 0) is 19.4 Å². The van der Waals surface area contributed by atoms with Gasteiger partial charge >= 0.3 is 11.9 Å². The van der Waals surface area contributed by atoms with Gasteiger partial charge in [0.05, 0.1) is 7.11 Å². The molecule has 1 amide bonds. The van der Waals surface area contributed by atoms with Crippen molar-refractivity contribution in [2.45, 2.75) is 25.8 Å². The smallest absolute Gasteiger partial charge is 0.326 e. The van der Waals surface area contributed by atoms with Crippen LogP contribution in [-0.4, -0.2) is 46.3 Å². The van der Waals surface area contributed by atoms with Crippen molar-refractivity contribution >= 4 is 17.8 Å². The number of carboxylic acids is 1. The molecule has 0 spiro atoms. The highest BCUT2D eigenvalue weighted by molar-refractivity contribution is 5.95. The van der Waals surface area contributed by atoms with Crippen molar-refractivity contribution in [3.05, 3.63) is 17.5 Å². The number of esters is 1. The summed E-state index contributed by atoms with van der Waals surface area (Å²) in [5.41, 5.74) is 0.786. The molecule has 1 atom stereocenters. The number of H-pyrrole nitrogens is 1. The summed E-state index contributed by atoms with van der Waals surface area (Å²) in [4.78, 5) is 33.6. The highest BCUT2D eigenvalue weighted by atomic mass is 16.5. The van der Waals surface area contributed by atoms with E-state index >= 15 is 0 Å². The molecule has 0 saturated carbocycles. The Morgan fingerprint density at radius 2 is 2.21 bits per heavy atom. The molecule has 0 aliphatic rings. The van der Waals surface area contributed by atoms with Crippen LogP contribution in [0.15, 0.2) is 6.07 Å². The number of aromatic nitrogens is 2. The number of carboxylic acid groups (broad SMARTS) is 1. The molecule has 0 aliphatic heterocycles. The normalized spacial score (nSPS) is 11.7. The fraction of sp³-hybridized carbons (Fsp3) is 0.455. The number of amides is 1. The second-order valence-corrected chi connectivity index (χ2v) is 3.92. The third-order valence-corrected chi connectivity index (χ3v) is 2.41. The first kappa shape index (κ1) is 14.7. The van der Waals surface area contributed by atoms with E-state index in [1.165, 1.54) is 13.2 Å². The maximum absolute atomic E-state index is 11.7. The van der Waals surface area contributed by atoms with Crippen molar-refractivity contribution in [3.63, 3.8) is 0 Å². The number of carbonyl (C=O) groups is 3. The fourth-order valence-electron chi connectivity index (χ4n) is 1.39. The summed E-state index contributed by atoms with van der Waals surface area (Å²) in [6.45, 7) is 1.72. The van der Waals surface area contributed by atoms with Crippen LogP contribution in [0.2, 0.25) is 0 Å². The van der Waals surface area contributed by atoms with E-state index in [9.17, 15) is 14.4 Å². The molecular formula is C11H15N3O5. The first-order chi connectivity index (χ1) is 8.93. The highest BCUT2D eigenvalue weighted by Gasteiger charge is 2.22. The summed E-state index contributed by atoms with van der Waals surface area (Å²) in [5.74, 6) is -2.36. The van der Waals surface area contributed by atoms with Crippen molar-refractivity contribution in [1.29, 1.82) is 0 Å². The summed E-state index contributed by atoms with van der Waals surface area (Å²) in [6, 6.07) is 0.331. The third-order valence-electron chi connectivity index (χ3n) is 2.41. The predicted octanol–water partition coefficient (Wildman–Crippen LogP) is -0.146. The minimum absolute atomic E-state index is 0.0445. The molecule has 19 heavy (non-hydrogen) atoms. The van der Waals surface area contributed by atoms with E-state index < -0.39 is 23.9 Å². The molecule has 1 heterocycles. The maximum atomic E-state index is 11.7. The second kappa shape index (κ2) is 6.53. The lowest BCUT2D eigenvalue weighted by molar-refractivity contribution is -0.142. The van der Waals surface area contributed by atoms with Gasteiger partial charge in [-0.25, -0.2) is 4.79 Å². The third kappa shape index (κ3) is 4.41. The predicted molar refractivity (Wildman–Crippen MR) is 63.5 cm³/mol. The van der Waals surface area contributed by atoms with Gasteiger partial charge in [0, 0.05) is 12.1 Å². The molecule has 8 nitrogen and oxygen atoms in total. The van der Waals surface area contributed by atoms with Crippen LogP contribution < -0.4 is 5.32 Å². The number of methoxy groups -OCH3 is 1. The zero-order chi connectivity index (χ0) is 14.4. The zero-order valence-electron chi connectivity index (χ0n) is 10.6. The first-order valence-electron chi connectivity index (χ1n) is 5.56.